The minimum absolute atomic E-state index is 0.133. The molecule has 1 aliphatic carbocycles. The fraction of sp³-hybridized carbons (Fsp3) is 0.520. The minimum atomic E-state index is -1.08. The lowest BCUT2D eigenvalue weighted by Gasteiger charge is -2.43. The lowest BCUT2D eigenvalue weighted by atomic mass is 9.94. The molecule has 2 N–H and O–H groups in total. The number of carbonyl (C=O) groups excluding carboxylic acids is 3. The van der Waals surface area contributed by atoms with Gasteiger partial charge in [-0.25, -0.2) is 0 Å². The number of hydrogen-bond acceptors (Lipinski definition) is 4. The Morgan fingerprint density at radius 3 is 2.65 bits per heavy atom. The number of nitrogens with zero attached hydrogens (tertiary/aromatic N) is 3. The highest BCUT2D eigenvalue weighted by atomic mass is 35.5. The van der Waals surface area contributed by atoms with Crippen LogP contribution in [0.5, 0.6) is 0 Å². The second-order valence-corrected chi connectivity index (χ2v) is 9.96. The maximum Gasteiger partial charge on any atom is 0.276 e. The van der Waals surface area contributed by atoms with Crippen molar-refractivity contribution in [3.8, 4) is 0 Å². The molecule has 0 radical (unpaired) electrons. The van der Waals surface area contributed by atoms with Crippen LogP contribution in [0.4, 0.5) is 5.69 Å². The van der Waals surface area contributed by atoms with Crippen molar-refractivity contribution in [1.82, 2.24) is 20.0 Å². The molecule has 0 spiro atoms. The van der Waals surface area contributed by atoms with Gasteiger partial charge in [0.05, 0.1) is 6.54 Å². The van der Waals surface area contributed by atoms with Crippen molar-refractivity contribution in [2.45, 2.75) is 77.4 Å². The second kappa shape index (κ2) is 9.78. The van der Waals surface area contributed by atoms with Gasteiger partial charge in [0.25, 0.3) is 11.8 Å². The smallest absolute Gasteiger partial charge is 0.276 e. The molecule has 2 aliphatic rings. The third-order valence-corrected chi connectivity index (χ3v) is 7.12. The number of fused-ring (bicyclic) bond motifs is 1. The van der Waals surface area contributed by atoms with E-state index in [2.05, 4.69) is 22.7 Å². The second-order valence-electron chi connectivity index (χ2n) is 9.52. The Morgan fingerprint density at radius 1 is 1.24 bits per heavy atom. The number of carbonyl (C=O) groups is 3. The summed E-state index contributed by atoms with van der Waals surface area (Å²) >= 11 is 6.01. The molecule has 2 heterocycles. The molecule has 2 aromatic rings. The molecule has 182 valence electrons. The van der Waals surface area contributed by atoms with Crippen LogP contribution in [-0.4, -0.2) is 50.5 Å². The summed E-state index contributed by atoms with van der Waals surface area (Å²) in [5.41, 5.74) is 0.822. The number of hydrogen-bond donors (Lipinski definition) is 2. The number of unbranched alkanes of at least 4 members (excludes halogenated alkanes) is 1. The Morgan fingerprint density at radius 2 is 1.97 bits per heavy atom. The fourth-order valence-electron chi connectivity index (χ4n) is 4.78. The molecular formula is C25H32ClN5O3. The molecule has 0 unspecified atom stereocenters. The number of rotatable bonds is 7. The number of aryl methyl sites for hydroxylation is 1. The predicted molar refractivity (Wildman–Crippen MR) is 131 cm³/mol. The van der Waals surface area contributed by atoms with E-state index < -0.39 is 11.4 Å². The molecule has 1 saturated carbocycles. The molecule has 1 aromatic heterocycles. The molecule has 0 saturated heterocycles. The third kappa shape index (κ3) is 4.69. The maximum absolute atomic E-state index is 13.5. The fourth-order valence-corrected chi connectivity index (χ4v) is 5.01. The zero-order valence-electron chi connectivity index (χ0n) is 20.0. The highest BCUT2D eigenvalue weighted by molar-refractivity contribution is 6.30. The zero-order chi connectivity index (χ0) is 24.5. The van der Waals surface area contributed by atoms with Crippen LogP contribution in [-0.2, 0) is 11.3 Å². The first-order valence-electron chi connectivity index (χ1n) is 12.0. The van der Waals surface area contributed by atoms with Crippen molar-refractivity contribution >= 4 is 35.0 Å². The van der Waals surface area contributed by atoms with E-state index in [-0.39, 0.29) is 30.1 Å². The number of amides is 3. The number of nitrogens with one attached hydrogen (secondary N) is 2. The van der Waals surface area contributed by atoms with E-state index in [9.17, 15) is 14.4 Å². The van der Waals surface area contributed by atoms with E-state index in [1.807, 2.05) is 6.92 Å². The summed E-state index contributed by atoms with van der Waals surface area (Å²) in [5, 5.41) is 11.0. The number of benzene rings is 1. The van der Waals surface area contributed by atoms with Crippen molar-refractivity contribution in [1.29, 1.82) is 0 Å². The van der Waals surface area contributed by atoms with Crippen LogP contribution in [0.2, 0.25) is 5.02 Å². The molecule has 34 heavy (non-hydrogen) atoms. The van der Waals surface area contributed by atoms with Gasteiger partial charge in [-0.05, 0) is 56.9 Å². The highest BCUT2D eigenvalue weighted by Crippen LogP contribution is 2.29. The summed E-state index contributed by atoms with van der Waals surface area (Å²) in [6.45, 7) is 6.37. The largest absolute Gasteiger partial charge is 0.351 e. The lowest BCUT2D eigenvalue weighted by Crippen LogP contribution is -2.65. The first-order chi connectivity index (χ1) is 16.2. The van der Waals surface area contributed by atoms with Gasteiger partial charge < -0.3 is 15.5 Å². The van der Waals surface area contributed by atoms with Gasteiger partial charge >= 0.3 is 0 Å². The van der Waals surface area contributed by atoms with Crippen molar-refractivity contribution in [2.24, 2.45) is 0 Å². The van der Waals surface area contributed by atoms with Crippen LogP contribution in [0.3, 0.4) is 0 Å². The van der Waals surface area contributed by atoms with Crippen LogP contribution >= 0.6 is 11.6 Å². The quantitative estimate of drug-likeness (QED) is 0.615. The summed E-state index contributed by atoms with van der Waals surface area (Å²) in [6, 6.07) is 6.85. The van der Waals surface area contributed by atoms with Gasteiger partial charge in [0.1, 0.15) is 11.2 Å². The Balaban J connectivity index is 1.60. The molecule has 0 bridgehead atoms. The Bertz CT molecular complexity index is 1110. The molecule has 9 heteroatoms. The van der Waals surface area contributed by atoms with Crippen LogP contribution in [0.1, 0.15) is 78.9 Å². The topological polar surface area (TPSA) is 96.3 Å². The number of anilines is 1. The van der Waals surface area contributed by atoms with E-state index in [0.717, 1.165) is 44.1 Å². The molecule has 1 aliphatic heterocycles. The van der Waals surface area contributed by atoms with Crippen LogP contribution < -0.4 is 10.6 Å². The SMILES string of the molecule is CCCCN1C(=O)c2cc(C(=O)Nc3ccc(Cl)cc3C)nn2C[C@]1(C)C(=O)NC1CCCC1. The van der Waals surface area contributed by atoms with Gasteiger partial charge in [-0.2, -0.15) is 5.10 Å². The zero-order valence-corrected chi connectivity index (χ0v) is 20.7. The van der Waals surface area contributed by atoms with Gasteiger partial charge in [0, 0.05) is 29.4 Å². The molecule has 1 fully saturated rings. The van der Waals surface area contributed by atoms with Gasteiger partial charge in [0.15, 0.2) is 5.69 Å². The monoisotopic (exact) mass is 485 g/mol. The number of aromatic nitrogens is 2. The predicted octanol–water partition coefficient (Wildman–Crippen LogP) is 4.17. The lowest BCUT2D eigenvalue weighted by molar-refractivity contribution is -0.133. The summed E-state index contributed by atoms with van der Waals surface area (Å²) in [4.78, 5) is 41.5. The van der Waals surface area contributed by atoms with Gasteiger partial charge in [-0.1, -0.05) is 37.8 Å². The Labute approximate surface area is 205 Å². The van der Waals surface area contributed by atoms with Crippen molar-refractivity contribution in [2.75, 3.05) is 11.9 Å². The minimum Gasteiger partial charge on any atom is -0.351 e. The Kier molecular flexibility index (Phi) is 6.98. The number of halogens is 1. The van der Waals surface area contributed by atoms with Gasteiger partial charge in [-0.3, -0.25) is 19.1 Å². The van der Waals surface area contributed by atoms with E-state index >= 15 is 0 Å². The van der Waals surface area contributed by atoms with Crippen LogP contribution in [0.15, 0.2) is 24.3 Å². The van der Waals surface area contributed by atoms with Crippen LogP contribution in [0, 0.1) is 6.92 Å². The van der Waals surface area contributed by atoms with E-state index in [1.165, 1.54) is 10.7 Å². The van der Waals surface area contributed by atoms with E-state index in [0.29, 0.717) is 22.9 Å². The van der Waals surface area contributed by atoms with Crippen LogP contribution in [0.25, 0.3) is 0 Å². The van der Waals surface area contributed by atoms with Gasteiger partial charge in [-0.15, -0.1) is 0 Å². The first-order valence-corrected chi connectivity index (χ1v) is 12.4. The summed E-state index contributed by atoms with van der Waals surface area (Å²) in [7, 11) is 0. The molecular weight excluding hydrogens is 454 g/mol. The van der Waals surface area contributed by atoms with E-state index in [1.54, 1.807) is 30.0 Å². The standard InChI is InChI=1S/C25H32ClN5O3/c1-4-5-12-30-23(33)21-14-20(22(32)28-19-11-10-17(26)13-16(19)2)29-31(21)15-25(30,3)24(34)27-18-8-6-7-9-18/h10-11,13-14,18H,4-9,12,15H2,1-3H3,(H,27,34)(H,28,32)/t25-/m1/s1. The van der Waals surface area contributed by atoms with E-state index in [4.69, 9.17) is 11.6 Å². The highest BCUT2D eigenvalue weighted by Gasteiger charge is 2.48. The molecule has 3 amide bonds. The Hall–Kier alpha value is -2.87. The maximum atomic E-state index is 13.5. The third-order valence-electron chi connectivity index (χ3n) is 6.88. The average molecular weight is 486 g/mol. The molecule has 8 nitrogen and oxygen atoms in total. The van der Waals surface area contributed by atoms with Crippen molar-refractivity contribution in [3.63, 3.8) is 0 Å². The molecule has 1 aromatic carbocycles. The normalized spacial score (nSPS) is 20.4. The first kappa shape index (κ1) is 24.3. The van der Waals surface area contributed by atoms with Gasteiger partial charge in [0.2, 0.25) is 5.91 Å². The molecule has 1 atom stereocenters. The molecule has 4 rings (SSSR count). The van der Waals surface area contributed by atoms with Crippen molar-refractivity contribution < 1.29 is 14.4 Å². The van der Waals surface area contributed by atoms with Crippen molar-refractivity contribution in [3.05, 3.63) is 46.2 Å². The average Bonchev–Trinajstić information content (AvgIpc) is 3.45. The summed E-state index contributed by atoms with van der Waals surface area (Å²) < 4.78 is 1.50. The summed E-state index contributed by atoms with van der Waals surface area (Å²) in [5.74, 6) is -0.858. The summed E-state index contributed by atoms with van der Waals surface area (Å²) in [6.07, 6.45) is 5.83.